The maximum Gasteiger partial charge on any atom is 0.320 e. The molecule has 10 atom stereocenters. The van der Waals surface area contributed by atoms with Crippen LogP contribution >= 0.6 is 28.1 Å². The summed E-state index contributed by atoms with van der Waals surface area (Å²) >= 11 is 8.91. The van der Waals surface area contributed by atoms with E-state index in [9.17, 15) is 29.4 Å². The van der Waals surface area contributed by atoms with Crippen LogP contribution < -0.4 is 29.9 Å². The smallest absolute Gasteiger partial charge is 0.320 e. The average molecular weight is 2080 g/mol. The standard InChI is InChI=1S/C27H33N3O2S.C23H25NO.C18H26N6O.C17H16BrN3O2.C17H17N3O2.C14H21N5.CH4/c1-26-10-7-17(31)13-16(26)3-4-18-19-5-6-21(27(19,2)11-8-20(18)26)22(32)14-30-15-29-24-23(33)9-12-28-25(24)30;1-18(2)24(17-19-8-4-3-5-9-19)15-14-23(25)22-13-12-20-10-6-7-11-21(20)16-22;1-13-6-10-24(18(25)23-8-3-4-9-23)11-15(13)22(2)17-14-5-7-19-16(14)20-12-21-17;1-10-2-3-13(6-15(10)18)21-17-14-4-11(7-22)12(8-23)5-16(14)19-9-20-17;1-11-4-6-12(7-5-11)20-17-13-8-15(21-2)16(22-3)9-14(13)18-10-19-17;1-10-5-7-18(2)8-12(10)19(3)14-11-4-6-15-13(11)16-9-17-14;/h9,12-13,15,18-21H,3-8,10-11,14H2,1-2H3,(H,28,33);3-13,16,18H,14-15,17H2,1-2H3;5,7,12-13,15H,3-4,6,8-11H2,1-2H3,(H,19,20,21);2-6,9,22-23H,7-8H2,1H3,(H,19,20,21);4-10H,1-3H3,(H,18,19,20);4,6,9-10,12H,5,7-8H2,1-3H3,(H,15,16,17);1H4/t;;13-,15+;;;;/m..1..../s1. The third-order valence-corrected chi connectivity index (χ3v) is 33.2. The fourth-order valence-electron chi connectivity index (χ4n) is 23.4. The SMILES string of the molecule is C.CC(C)N(CCC(=O)c1ccc2ccccc2c1)Cc1ccccc1.CC12CCC(=O)C=C1CCC1C2CCC2(C)C(C(=O)Cn3cnc4c(=S)cc[nH]c43)CCC12.CC1CCN(C)CC1N(C)c1ncnc2[nH]ccc12.COc1cc2ncnc(Nc3ccc(C)cc3)c2cc1OC.C[C@@H]1CCN(C(=O)N2CCCC2)C[C@@H]1N(C)c1ncnc2[nH]ccc12.Cc1ccc(Nc2ncnc3cc(CO)c(CO)cc23)cc1Br. The molecule has 8 aromatic heterocycles. The van der Waals surface area contributed by atoms with Crippen molar-refractivity contribution >= 4 is 152 Å². The minimum Gasteiger partial charge on any atom is -0.493 e. The van der Waals surface area contributed by atoms with Gasteiger partial charge >= 0.3 is 6.03 Å². The number of nitrogens with zero attached hydrogens (tertiary/aromatic N) is 16. The topological polar surface area (TPSA) is 339 Å². The van der Waals surface area contributed by atoms with Gasteiger partial charge in [0.15, 0.2) is 28.8 Å². The van der Waals surface area contributed by atoms with Crippen molar-refractivity contribution < 1.29 is 38.9 Å². The first-order valence-electron chi connectivity index (χ1n) is 51.6. The van der Waals surface area contributed by atoms with Gasteiger partial charge in [0, 0.05) is 148 Å². The number of carbonyl (C=O) groups is 4. The predicted octanol–water partition coefficient (Wildman–Crippen LogP) is 23.0. The highest BCUT2D eigenvalue weighted by atomic mass is 79.9. The molecule has 7 aliphatic rings. The van der Waals surface area contributed by atoms with Gasteiger partial charge in [-0.2, -0.15) is 0 Å². The molecule has 4 aliphatic carbocycles. The van der Waals surface area contributed by atoms with Gasteiger partial charge in [0.2, 0.25) is 0 Å². The molecular formula is C117H142BrN21O8S. The van der Waals surface area contributed by atoms with Crippen molar-refractivity contribution in [3.05, 3.63) is 262 Å². The molecule has 6 fully saturated rings. The van der Waals surface area contributed by atoms with Crippen molar-refractivity contribution in [1.29, 1.82) is 0 Å². The van der Waals surface area contributed by atoms with Crippen LogP contribution in [-0.2, 0) is 35.9 Å². The van der Waals surface area contributed by atoms with Gasteiger partial charge in [-0.15, -0.1) is 0 Å². The number of ether oxygens (including phenoxy) is 2. The molecule has 7 N–H and O–H groups in total. The summed E-state index contributed by atoms with van der Waals surface area (Å²) in [6, 6.07) is 53.3. The van der Waals surface area contributed by atoms with E-state index in [4.69, 9.17) is 21.7 Å². The second-order valence-electron chi connectivity index (χ2n) is 41.5. The number of allylic oxidation sites excluding steroid dienone is 1. The summed E-state index contributed by atoms with van der Waals surface area (Å²) in [4.78, 5) is 113. The number of benzene rings is 7. The number of likely N-dealkylation sites (N-methyl/N-ethyl adjacent to an activating group) is 3. The first kappa shape index (κ1) is 107. The number of hydrogen-bond donors (Lipinski definition) is 7. The minimum atomic E-state index is -0.143. The lowest BCUT2D eigenvalue weighted by Gasteiger charge is -2.58. The molecule has 31 heteroatoms. The number of urea groups is 1. The molecule has 3 aliphatic heterocycles. The van der Waals surface area contributed by atoms with Crippen molar-refractivity contribution in [2.45, 2.75) is 191 Å². The van der Waals surface area contributed by atoms with E-state index >= 15 is 0 Å². The van der Waals surface area contributed by atoms with Crippen LogP contribution in [0.2, 0.25) is 0 Å². The van der Waals surface area contributed by atoms with E-state index in [1.165, 1.54) is 60.5 Å². The number of Topliss-reactive ketones (excluding diaryl/α,β-unsaturated/α-hetero) is 2. The number of aliphatic hydroxyl groups is 2. The fourth-order valence-corrected chi connectivity index (χ4v) is 24.0. The van der Waals surface area contributed by atoms with Gasteiger partial charge in [-0.1, -0.05) is 159 Å². The summed E-state index contributed by atoms with van der Waals surface area (Å²) in [7, 11) is 9.64. The number of aromatic nitrogens is 13. The number of carbonyl (C=O) groups excluding carboxylic acids is 4. The number of amides is 2. The number of aryl methyl sites for hydroxylation is 2. The fraction of sp³-hybridized carbons (Fsp3) is 0.419. The van der Waals surface area contributed by atoms with Crippen molar-refractivity contribution in [1.82, 2.24) is 84.0 Å². The summed E-state index contributed by atoms with van der Waals surface area (Å²) in [6.07, 6.45) is 29.1. The molecule has 2 amide bonds. The molecule has 148 heavy (non-hydrogen) atoms. The van der Waals surface area contributed by atoms with Crippen LogP contribution in [-0.4, -0.2) is 217 Å². The zero-order valence-electron chi connectivity index (χ0n) is 86.7. The van der Waals surface area contributed by atoms with Crippen LogP contribution in [0.25, 0.3) is 65.8 Å². The molecule has 11 heterocycles. The number of nitrogens with one attached hydrogen (secondary N) is 5. The lowest BCUT2D eigenvalue weighted by Crippen LogP contribution is -2.55. The molecule has 3 saturated heterocycles. The number of likely N-dealkylation sites (tertiary alicyclic amines) is 3. The number of aliphatic hydroxyl groups excluding tert-OH is 2. The number of rotatable bonds is 22. The van der Waals surface area contributed by atoms with Gasteiger partial charge in [-0.25, -0.2) is 49.7 Å². The monoisotopic (exact) mass is 2080 g/mol. The van der Waals surface area contributed by atoms with E-state index in [-0.39, 0.29) is 55.2 Å². The van der Waals surface area contributed by atoms with Crippen LogP contribution in [0.4, 0.5) is 39.4 Å². The third-order valence-electron chi connectivity index (χ3n) is 32.1. The van der Waals surface area contributed by atoms with Crippen LogP contribution in [0.5, 0.6) is 11.5 Å². The number of anilines is 6. The van der Waals surface area contributed by atoms with Crippen LogP contribution in [0.3, 0.4) is 0 Å². The Balaban J connectivity index is 0.000000128. The number of hydrogen-bond acceptors (Lipinski definition) is 24. The van der Waals surface area contributed by atoms with Crippen molar-refractivity contribution in [3.63, 3.8) is 0 Å². The predicted molar refractivity (Wildman–Crippen MR) is 597 cm³/mol. The summed E-state index contributed by atoms with van der Waals surface area (Å²) in [6.45, 7) is 25.3. The quantitative estimate of drug-likeness (QED) is 0.0245. The van der Waals surface area contributed by atoms with E-state index in [1.807, 2.05) is 143 Å². The number of piperidine rings is 2. The number of fused-ring (bicyclic) bond motifs is 11. The summed E-state index contributed by atoms with van der Waals surface area (Å²) in [5.41, 5.74) is 14.2. The first-order valence-corrected chi connectivity index (χ1v) is 52.8. The van der Waals surface area contributed by atoms with Gasteiger partial charge in [0.05, 0.1) is 72.7 Å². The Kier molecular flexibility index (Phi) is 35.1. The Labute approximate surface area is 881 Å². The number of H-pyrrole nitrogens is 3. The number of aromatic amines is 3. The number of halogens is 1. The zero-order valence-corrected chi connectivity index (χ0v) is 89.1. The van der Waals surface area contributed by atoms with Gasteiger partial charge in [-0.05, 0) is 258 Å². The lowest BCUT2D eigenvalue weighted by molar-refractivity contribution is -0.131. The lowest BCUT2D eigenvalue weighted by atomic mass is 9.46. The highest BCUT2D eigenvalue weighted by molar-refractivity contribution is 9.10. The van der Waals surface area contributed by atoms with Crippen molar-refractivity contribution in [2.24, 2.45) is 46.3 Å². The van der Waals surface area contributed by atoms with E-state index in [0.29, 0.717) is 106 Å². The van der Waals surface area contributed by atoms with E-state index < -0.39 is 0 Å². The highest BCUT2D eigenvalue weighted by Crippen LogP contribution is 2.67. The number of pyridine rings is 1. The maximum absolute atomic E-state index is 13.7. The highest BCUT2D eigenvalue weighted by Gasteiger charge is 2.60. The molecular weight excluding hydrogens is 1940 g/mol. The second kappa shape index (κ2) is 48.3. The zero-order chi connectivity index (χ0) is 103. The van der Waals surface area contributed by atoms with Gasteiger partial charge < -0.3 is 74.3 Å². The Morgan fingerprint density at radius 3 is 1.87 bits per heavy atom. The normalized spacial score (nSPS) is 20.9. The largest absolute Gasteiger partial charge is 0.493 e. The van der Waals surface area contributed by atoms with E-state index in [2.05, 4.69) is 230 Å². The van der Waals surface area contributed by atoms with Gasteiger partial charge in [-0.3, -0.25) is 19.3 Å². The second-order valence-corrected chi connectivity index (χ2v) is 42.8. The molecule has 0 bridgehead atoms. The Bertz CT molecular complexity index is 7250. The Morgan fingerprint density at radius 1 is 0.601 bits per heavy atom. The van der Waals surface area contributed by atoms with E-state index in [1.54, 1.807) is 39.3 Å². The molecule has 776 valence electrons. The van der Waals surface area contributed by atoms with Crippen LogP contribution in [0.15, 0.2) is 224 Å². The van der Waals surface area contributed by atoms with E-state index in [0.717, 1.165) is 202 Å². The Morgan fingerprint density at radius 2 is 1.21 bits per heavy atom. The first-order chi connectivity index (χ1) is 71.1. The Hall–Kier alpha value is -13.3. The maximum atomic E-state index is 13.7. The summed E-state index contributed by atoms with van der Waals surface area (Å²) < 4.78 is 14.3. The number of imidazole rings is 1. The molecule has 29 nitrogen and oxygen atoms in total. The molecule has 0 spiro atoms. The molecule has 3 saturated carbocycles. The summed E-state index contributed by atoms with van der Waals surface area (Å²) in [5.74, 6) is 8.79. The molecule has 15 aromatic rings. The molecule has 22 rings (SSSR count). The van der Waals surface area contributed by atoms with Crippen molar-refractivity contribution in [3.8, 4) is 11.5 Å². The number of ketones is 3. The molecule has 0 radical (unpaired) electrons. The summed E-state index contributed by atoms with van der Waals surface area (Å²) in [5, 5.41) is 31.6. The van der Waals surface area contributed by atoms with Crippen LogP contribution in [0, 0.1) is 64.7 Å². The number of methoxy groups -OCH3 is 2. The third kappa shape index (κ3) is 24.2. The van der Waals surface area contributed by atoms with Crippen LogP contribution in [0.1, 0.15) is 171 Å². The van der Waals surface area contributed by atoms with Gasteiger partial charge in [0.1, 0.15) is 71.0 Å². The minimum absolute atomic E-state index is 0. The van der Waals surface area contributed by atoms with Gasteiger partial charge in [0.25, 0.3) is 0 Å². The molecule has 7 aromatic carbocycles. The molecule has 8 unspecified atom stereocenters. The average Bonchev–Trinajstić information content (AvgIpc) is 1.48. The van der Waals surface area contributed by atoms with Crippen molar-refractivity contribution in [2.75, 3.05) is 102 Å².